The first-order valence-corrected chi connectivity index (χ1v) is 4.34. The van der Waals surface area contributed by atoms with Crippen LogP contribution in [0, 0.1) is 5.92 Å². The summed E-state index contributed by atoms with van der Waals surface area (Å²) in [5, 5.41) is 0. The fraction of sp³-hybridized carbons (Fsp3) is 1.00. The average molecular weight is 112 g/mol. The van der Waals surface area contributed by atoms with Crippen LogP contribution in [0.15, 0.2) is 0 Å². The van der Waals surface area contributed by atoms with E-state index in [0.29, 0.717) is 0 Å². The summed E-state index contributed by atoms with van der Waals surface area (Å²) in [6.07, 6.45) is 0. The van der Waals surface area contributed by atoms with E-state index >= 15 is 0 Å². The largest absolute Gasteiger partial charge is 0.567 e. The zero-order valence-corrected chi connectivity index (χ0v) is 6.81. The van der Waals surface area contributed by atoms with Gasteiger partial charge in [-0.2, -0.15) is 0 Å². The van der Waals surface area contributed by atoms with E-state index in [4.69, 9.17) is 3.17 Å². The predicted molar refractivity (Wildman–Crippen MR) is 32.4 cm³/mol. The van der Waals surface area contributed by atoms with Gasteiger partial charge in [-0.05, 0) is 7.11 Å². The van der Waals surface area contributed by atoms with Gasteiger partial charge in [0.15, 0.2) is 0 Å². The predicted octanol–water partition coefficient (Wildman–Crippen LogP) is 1.33. The molecule has 0 aromatic carbocycles. The summed E-state index contributed by atoms with van der Waals surface area (Å²) in [6, 6.07) is 0. The molecule has 0 aliphatic rings. The van der Waals surface area contributed by atoms with Crippen molar-refractivity contribution in [2.75, 3.05) is 7.11 Å². The monoisotopic (exact) mass is 112 g/mol. The highest BCUT2D eigenvalue weighted by Gasteiger charge is 1.97. The minimum Gasteiger partial charge on any atom is -0.567 e. The van der Waals surface area contributed by atoms with E-state index in [9.17, 15) is 0 Å². The smallest absolute Gasteiger partial charge is 0.565 e. The third-order valence-electron chi connectivity index (χ3n) is 0.899. The summed E-state index contributed by atoms with van der Waals surface area (Å²) in [4.78, 5) is 0. The van der Waals surface area contributed by atoms with Crippen molar-refractivity contribution in [1.82, 2.24) is 0 Å². The van der Waals surface area contributed by atoms with Crippen molar-refractivity contribution in [3.63, 3.8) is 0 Å². The van der Waals surface area contributed by atoms with Crippen molar-refractivity contribution < 1.29 is 3.17 Å². The highest BCUT2D eigenvalue weighted by atomic mass is 24.5. The van der Waals surface area contributed by atoms with Crippen molar-refractivity contribution in [2.24, 2.45) is 5.92 Å². The molecule has 0 aromatic rings. The lowest BCUT2D eigenvalue weighted by Crippen LogP contribution is -1.97. The lowest BCUT2D eigenvalue weighted by atomic mass is 10.3. The first-order valence-electron chi connectivity index (χ1n) is 2.76. The topological polar surface area (TPSA) is 9.23 Å². The van der Waals surface area contributed by atoms with Crippen LogP contribution in [0.4, 0.5) is 0 Å². The Balaban J connectivity index is 2.68. The Morgan fingerprint density at radius 1 is 1.57 bits per heavy atom. The van der Waals surface area contributed by atoms with Gasteiger partial charge in [-0.25, -0.2) is 0 Å². The van der Waals surface area contributed by atoms with Gasteiger partial charge in [0.2, 0.25) is 0 Å². The highest BCUT2D eigenvalue weighted by Crippen LogP contribution is 1.96. The van der Waals surface area contributed by atoms with Gasteiger partial charge in [0.05, 0.1) is 0 Å². The molecular weight excluding hydrogens is 100 g/mol. The Labute approximate surface area is 55.7 Å². The van der Waals surface area contributed by atoms with Crippen LogP contribution in [0.25, 0.3) is 0 Å². The average Bonchev–Trinajstić information content (AvgIpc) is 1.61. The quantitative estimate of drug-likeness (QED) is 0.501. The molecule has 1 nitrogen and oxygen atoms in total. The van der Waals surface area contributed by atoms with Crippen LogP contribution in [-0.4, -0.2) is 27.9 Å². The first-order chi connectivity index (χ1) is 3.27. The summed E-state index contributed by atoms with van der Waals surface area (Å²) in [5.41, 5.74) is 0. The maximum atomic E-state index is 4.99. The zero-order valence-electron chi connectivity index (χ0n) is 5.40. The van der Waals surface area contributed by atoms with E-state index in [0.717, 1.165) is 5.92 Å². The second-order valence-electron chi connectivity index (χ2n) is 2.18. The minimum atomic E-state index is -0.126. The third kappa shape index (κ3) is 6.73. The summed E-state index contributed by atoms with van der Waals surface area (Å²) < 4.78 is 6.31. The van der Waals surface area contributed by atoms with Crippen LogP contribution in [0.2, 0.25) is 4.55 Å². The zero-order chi connectivity index (χ0) is 5.70. The molecule has 0 spiro atoms. The van der Waals surface area contributed by atoms with E-state index < -0.39 is 0 Å². The molecule has 0 unspecified atom stereocenters. The third-order valence-corrected chi connectivity index (χ3v) is 2.70. The summed E-state index contributed by atoms with van der Waals surface area (Å²) in [6.45, 7) is 4.46. The van der Waals surface area contributed by atoms with Crippen molar-refractivity contribution in [3.05, 3.63) is 0 Å². The maximum absolute atomic E-state index is 4.99. The molecule has 0 atom stereocenters. The Bertz CT molecular complexity index is 37.1. The van der Waals surface area contributed by atoms with Crippen LogP contribution in [0.1, 0.15) is 13.8 Å². The van der Waals surface area contributed by atoms with Gasteiger partial charge in [0.25, 0.3) is 0 Å². The van der Waals surface area contributed by atoms with Gasteiger partial charge in [-0.15, -0.1) is 4.55 Å². The Morgan fingerprint density at radius 2 is 2.14 bits per heavy atom. The lowest BCUT2D eigenvalue weighted by Gasteiger charge is -1.97. The molecule has 0 saturated carbocycles. The number of hydrogen-bond donors (Lipinski definition) is 0. The normalized spacial score (nSPS) is 9.14. The molecule has 7 heavy (non-hydrogen) atoms. The molecule has 0 amide bonds. The molecule has 0 fully saturated rings. The molecule has 0 radical (unpaired) electrons. The number of hydrogen-bond acceptors (Lipinski definition) is 1. The maximum Gasteiger partial charge on any atom is 0.565 e. The Morgan fingerprint density at radius 3 is 2.29 bits per heavy atom. The summed E-state index contributed by atoms with van der Waals surface area (Å²) >= 11 is -0.126. The molecule has 2 heteroatoms. The van der Waals surface area contributed by atoms with Gasteiger partial charge in [0, 0.05) is 0 Å². The van der Waals surface area contributed by atoms with Crippen LogP contribution in [0.3, 0.4) is 0 Å². The minimum absolute atomic E-state index is 0.126. The number of rotatable bonds is 3. The van der Waals surface area contributed by atoms with Crippen molar-refractivity contribution in [3.8, 4) is 0 Å². The van der Waals surface area contributed by atoms with E-state index in [2.05, 4.69) is 13.8 Å². The Hall–Kier alpha value is 0.726. The molecule has 0 aliphatic heterocycles. The molecule has 0 saturated heterocycles. The molecule has 0 aromatic heterocycles. The molecule has 0 rings (SSSR count). The fourth-order valence-corrected chi connectivity index (χ4v) is 1.06. The van der Waals surface area contributed by atoms with Gasteiger partial charge < -0.3 is 3.17 Å². The SMILES string of the molecule is C[O][Mg][CH2]C(C)C. The van der Waals surface area contributed by atoms with E-state index in [1.54, 1.807) is 7.11 Å². The van der Waals surface area contributed by atoms with Gasteiger partial charge in [-0.1, -0.05) is 19.8 Å². The van der Waals surface area contributed by atoms with Crippen molar-refractivity contribution in [2.45, 2.75) is 18.4 Å². The first kappa shape index (κ1) is 7.73. The summed E-state index contributed by atoms with van der Waals surface area (Å²) in [5.74, 6) is 0.839. The van der Waals surface area contributed by atoms with Crippen LogP contribution < -0.4 is 0 Å². The standard InChI is InChI=1S/C4H9.CH3O.Mg/c1-4(2)3;1-2;/h4H,1H2,2-3H3;1H3;/q;-1;+1. The molecule has 40 valence electrons. The summed E-state index contributed by atoms with van der Waals surface area (Å²) in [7, 11) is 1.80. The van der Waals surface area contributed by atoms with E-state index in [1.807, 2.05) is 0 Å². The van der Waals surface area contributed by atoms with Gasteiger partial charge >= 0.3 is 20.8 Å². The van der Waals surface area contributed by atoms with E-state index in [1.165, 1.54) is 4.55 Å². The fourth-order valence-electron chi connectivity index (χ4n) is 0.354. The van der Waals surface area contributed by atoms with E-state index in [-0.39, 0.29) is 20.8 Å². The van der Waals surface area contributed by atoms with Crippen LogP contribution in [0.5, 0.6) is 0 Å². The molecule has 0 N–H and O–H groups in total. The highest BCUT2D eigenvalue weighted by molar-refractivity contribution is 6.26. The van der Waals surface area contributed by atoms with Crippen LogP contribution >= 0.6 is 0 Å². The Kier molecular flexibility index (Phi) is 5.38. The van der Waals surface area contributed by atoms with Gasteiger partial charge in [-0.3, -0.25) is 0 Å². The second kappa shape index (κ2) is 4.87. The van der Waals surface area contributed by atoms with Crippen molar-refractivity contribution in [1.29, 1.82) is 0 Å². The molecule has 0 bridgehead atoms. The molecular formula is C5H12MgO. The van der Waals surface area contributed by atoms with Gasteiger partial charge in [0.1, 0.15) is 0 Å². The van der Waals surface area contributed by atoms with Crippen LogP contribution in [-0.2, 0) is 3.17 Å². The molecule has 0 heterocycles. The second-order valence-corrected chi connectivity index (χ2v) is 3.74. The van der Waals surface area contributed by atoms with Crippen molar-refractivity contribution >= 4 is 20.8 Å². The lowest BCUT2D eigenvalue weighted by molar-refractivity contribution is 0.434. The molecule has 0 aliphatic carbocycles.